The highest BCUT2D eigenvalue weighted by Gasteiger charge is 2.35. The second-order valence-electron chi connectivity index (χ2n) is 10.8. The number of amides is 2. The number of fused-ring (bicyclic) bond motifs is 4. The van der Waals surface area contributed by atoms with Gasteiger partial charge in [-0.1, -0.05) is 0 Å². The molecule has 6 rings (SSSR count). The van der Waals surface area contributed by atoms with E-state index in [1.807, 2.05) is 0 Å². The first-order valence-electron chi connectivity index (χ1n) is 13.5. The lowest BCUT2D eigenvalue weighted by Crippen LogP contribution is -2.56. The number of carbonyl (C=O) groups excluding carboxylic acids is 2. The molecule has 2 aromatic heterocycles. The maximum Gasteiger partial charge on any atom is 0.260 e. The molecule has 3 aliphatic rings. The second kappa shape index (κ2) is 10.2. The Kier molecular flexibility index (Phi) is 6.69. The van der Waals surface area contributed by atoms with Crippen molar-refractivity contribution in [1.29, 1.82) is 0 Å². The first-order valence-corrected chi connectivity index (χ1v) is 13.5. The average molecular weight is 555 g/mol. The summed E-state index contributed by atoms with van der Waals surface area (Å²) in [5.74, 6) is -1.33. The van der Waals surface area contributed by atoms with Crippen LogP contribution in [0.4, 0.5) is 20.4 Å². The third kappa shape index (κ3) is 4.57. The van der Waals surface area contributed by atoms with Crippen LogP contribution in [-0.4, -0.2) is 95.7 Å². The van der Waals surface area contributed by atoms with E-state index in [1.54, 1.807) is 34.9 Å². The van der Waals surface area contributed by atoms with Crippen LogP contribution in [-0.2, 0) is 4.79 Å². The molecule has 3 aromatic rings. The van der Waals surface area contributed by atoms with Crippen LogP contribution < -0.4 is 20.3 Å². The van der Waals surface area contributed by atoms with Crippen LogP contribution in [0.2, 0.25) is 0 Å². The summed E-state index contributed by atoms with van der Waals surface area (Å²) in [6, 6.07) is 5.02. The molecule has 1 atom stereocenters. The van der Waals surface area contributed by atoms with Crippen molar-refractivity contribution in [3.8, 4) is 5.75 Å². The Labute approximate surface area is 230 Å². The second-order valence-corrected chi connectivity index (χ2v) is 10.8. The van der Waals surface area contributed by atoms with E-state index in [4.69, 9.17) is 15.6 Å². The van der Waals surface area contributed by atoms with E-state index in [9.17, 15) is 14.0 Å². The summed E-state index contributed by atoms with van der Waals surface area (Å²) < 4.78 is 37.6. The summed E-state index contributed by atoms with van der Waals surface area (Å²) in [4.78, 5) is 38.0. The number of hydrogen-bond donors (Lipinski definition) is 1. The monoisotopic (exact) mass is 554 g/mol. The molecular weight excluding hydrogens is 522 g/mol. The normalized spacial score (nSPS) is 21.0. The van der Waals surface area contributed by atoms with Crippen LogP contribution in [0.3, 0.4) is 0 Å². The summed E-state index contributed by atoms with van der Waals surface area (Å²) in [6.07, 6.45) is 2.26. The van der Waals surface area contributed by atoms with E-state index in [0.29, 0.717) is 43.9 Å². The fourth-order valence-electron chi connectivity index (χ4n) is 5.57. The minimum atomic E-state index is -0.583. The SMILES string of the molecule is CN1CCN(C)c2c(F)c(N3CC(N)C3)nc3cc(nn23)C2CCCCN2C(=O)c2cc(F)ccc2OCC1=O. The Bertz CT molecular complexity index is 1470. The first kappa shape index (κ1) is 26.2. The van der Waals surface area contributed by atoms with Crippen molar-refractivity contribution in [3.05, 3.63) is 47.2 Å². The van der Waals surface area contributed by atoms with Crippen molar-refractivity contribution in [3.63, 3.8) is 0 Å². The van der Waals surface area contributed by atoms with Crippen molar-refractivity contribution in [1.82, 2.24) is 24.4 Å². The number of nitrogens with zero attached hydrogens (tertiary/aromatic N) is 7. The van der Waals surface area contributed by atoms with Crippen LogP contribution in [0.5, 0.6) is 5.75 Å². The van der Waals surface area contributed by atoms with Gasteiger partial charge in [0.2, 0.25) is 5.82 Å². The first-order chi connectivity index (χ1) is 19.2. The number of ether oxygens (including phenoxy) is 1. The number of piperidine rings is 1. The van der Waals surface area contributed by atoms with Crippen LogP contribution >= 0.6 is 0 Å². The van der Waals surface area contributed by atoms with Gasteiger partial charge in [-0.25, -0.2) is 9.37 Å². The van der Waals surface area contributed by atoms with E-state index in [2.05, 4.69) is 4.98 Å². The number of carbonyl (C=O) groups is 2. The number of halogens is 2. The third-order valence-electron chi connectivity index (χ3n) is 7.92. The predicted octanol–water partition coefficient (Wildman–Crippen LogP) is 1.81. The molecule has 0 saturated carbocycles. The molecule has 1 aromatic carbocycles. The highest BCUT2D eigenvalue weighted by atomic mass is 19.1. The minimum Gasteiger partial charge on any atom is -0.483 e. The van der Waals surface area contributed by atoms with E-state index < -0.39 is 23.6 Å². The topological polar surface area (TPSA) is 113 Å². The number of rotatable bonds is 1. The molecule has 5 heterocycles. The average Bonchev–Trinajstić information content (AvgIpc) is 3.35. The summed E-state index contributed by atoms with van der Waals surface area (Å²) >= 11 is 0. The van der Waals surface area contributed by atoms with E-state index in [-0.39, 0.29) is 48.0 Å². The smallest absolute Gasteiger partial charge is 0.260 e. The molecule has 13 heteroatoms. The van der Waals surface area contributed by atoms with Gasteiger partial charge in [0.15, 0.2) is 23.9 Å². The van der Waals surface area contributed by atoms with Crippen LogP contribution in [0.15, 0.2) is 24.3 Å². The lowest BCUT2D eigenvalue weighted by Gasteiger charge is -2.38. The molecular formula is C27H32F2N8O3. The summed E-state index contributed by atoms with van der Waals surface area (Å²) in [7, 11) is 3.36. The van der Waals surface area contributed by atoms with E-state index in [1.165, 1.54) is 21.5 Å². The predicted molar refractivity (Wildman–Crippen MR) is 144 cm³/mol. The molecule has 212 valence electrons. The zero-order valence-electron chi connectivity index (χ0n) is 22.5. The Hall–Kier alpha value is -4.00. The zero-order chi connectivity index (χ0) is 28.1. The van der Waals surface area contributed by atoms with Gasteiger partial charge in [-0.15, -0.1) is 0 Å². The van der Waals surface area contributed by atoms with Gasteiger partial charge in [-0.05, 0) is 37.5 Å². The van der Waals surface area contributed by atoms with Gasteiger partial charge < -0.3 is 30.1 Å². The quantitative estimate of drug-likeness (QED) is 0.485. The molecule has 11 nitrogen and oxygen atoms in total. The van der Waals surface area contributed by atoms with Crippen molar-refractivity contribution >= 4 is 29.1 Å². The molecule has 2 saturated heterocycles. The highest BCUT2D eigenvalue weighted by molar-refractivity contribution is 5.97. The van der Waals surface area contributed by atoms with Gasteiger partial charge in [-0.2, -0.15) is 14.0 Å². The maximum atomic E-state index is 16.1. The molecule has 2 amide bonds. The lowest BCUT2D eigenvalue weighted by atomic mass is 9.98. The Morgan fingerprint density at radius 1 is 1.02 bits per heavy atom. The zero-order valence-corrected chi connectivity index (χ0v) is 22.5. The minimum absolute atomic E-state index is 0.0409. The van der Waals surface area contributed by atoms with Crippen molar-refractivity contribution in [2.75, 3.05) is 63.2 Å². The summed E-state index contributed by atoms with van der Waals surface area (Å²) in [6.45, 7) is 1.65. The fourth-order valence-corrected chi connectivity index (χ4v) is 5.57. The number of likely N-dealkylation sites (N-methyl/N-ethyl adjacent to an activating group) is 2. The Morgan fingerprint density at radius 2 is 1.80 bits per heavy atom. The van der Waals surface area contributed by atoms with Gasteiger partial charge in [0.05, 0.1) is 17.3 Å². The maximum absolute atomic E-state index is 16.1. The Morgan fingerprint density at radius 3 is 2.58 bits per heavy atom. The number of anilines is 2. The van der Waals surface area contributed by atoms with Gasteiger partial charge >= 0.3 is 0 Å². The summed E-state index contributed by atoms with van der Waals surface area (Å²) in [5.41, 5.74) is 7.02. The van der Waals surface area contributed by atoms with Crippen LogP contribution in [0.25, 0.3) is 5.65 Å². The molecule has 3 aliphatic heterocycles. The lowest BCUT2D eigenvalue weighted by molar-refractivity contribution is -0.131. The van der Waals surface area contributed by atoms with Crippen LogP contribution in [0, 0.1) is 11.6 Å². The molecule has 2 N–H and O–H groups in total. The van der Waals surface area contributed by atoms with Gasteiger partial charge in [-0.3, -0.25) is 9.59 Å². The molecule has 2 bridgehead atoms. The molecule has 0 aliphatic carbocycles. The van der Waals surface area contributed by atoms with Crippen molar-refractivity contribution < 1.29 is 23.1 Å². The summed E-state index contributed by atoms with van der Waals surface area (Å²) in [5, 5.41) is 4.77. The number of nitrogens with two attached hydrogens (primary N) is 1. The number of benzene rings is 1. The molecule has 40 heavy (non-hydrogen) atoms. The molecule has 1 unspecified atom stereocenters. The highest BCUT2D eigenvalue weighted by Crippen LogP contribution is 2.36. The number of aromatic nitrogens is 3. The van der Waals surface area contributed by atoms with E-state index in [0.717, 1.165) is 18.9 Å². The van der Waals surface area contributed by atoms with Crippen molar-refractivity contribution in [2.45, 2.75) is 31.3 Å². The Balaban J connectivity index is 1.50. The van der Waals surface area contributed by atoms with Crippen molar-refractivity contribution in [2.24, 2.45) is 5.73 Å². The molecule has 0 radical (unpaired) electrons. The third-order valence-corrected chi connectivity index (χ3v) is 7.92. The molecule has 2 fully saturated rings. The van der Waals surface area contributed by atoms with Gasteiger partial charge in [0.1, 0.15) is 11.6 Å². The van der Waals surface area contributed by atoms with Gasteiger partial charge in [0, 0.05) is 58.9 Å². The van der Waals surface area contributed by atoms with Crippen LogP contribution in [0.1, 0.15) is 41.4 Å². The number of hydrogen-bond acceptors (Lipinski definition) is 8. The molecule has 0 spiro atoms. The van der Waals surface area contributed by atoms with Gasteiger partial charge in [0.25, 0.3) is 11.8 Å². The largest absolute Gasteiger partial charge is 0.483 e. The fraction of sp³-hybridized carbons (Fsp3) is 0.481. The standard InChI is InChI=1S/C27H32F2N8O3/c1-33-9-10-34(2)26-24(29)25(35-13-17(30)14-35)31-22-12-19(32-37(22)26)20-5-3-4-8-36(20)27(39)18-11-16(28)6-7-21(18)40-15-23(33)38/h6-7,11-12,17,20H,3-5,8-10,13-15,30H2,1-2H3. The van der Waals surface area contributed by atoms with E-state index >= 15 is 4.39 Å².